The minimum atomic E-state index is -0.790. The number of rotatable bonds is 4. The molecule has 3 nitrogen and oxygen atoms in total. The van der Waals surface area contributed by atoms with Gasteiger partial charge in [0.1, 0.15) is 0 Å². The summed E-state index contributed by atoms with van der Waals surface area (Å²) in [5.74, 6) is -0.790. The molecule has 1 fully saturated rings. The first-order chi connectivity index (χ1) is 9.08. The van der Waals surface area contributed by atoms with Crippen LogP contribution < -0.4 is 0 Å². The Bertz CT molecular complexity index is 459. The summed E-state index contributed by atoms with van der Waals surface area (Å²) in [7, 11) is 0. The van der Waals surface area contributed by atoms with Crippen molar-refractivity contribution in [3.8, 4) is 0 Å². The maximum Gasteiger partial charge on any atom is 0.305 e. The SMILES string of the molecule is O=C(O)CC(c1ccc(Cl)c(Cl)c1)N1CCCCC1. The first kappa shape index (κ1) is 14.6. The lowest BCUT2D eigenvalue weighted by molar-refractivity contribution is -0.138. The summed E-state index contributed by atoms with van der Waals surface area (Å²) in [6, 6.07) is 5.27. The van der Waals surface area contributed by atoms with E-state index in [1.54, 1.807) is 12.1 Å². The summed E-state index contributed by atoms with van der Waals surface area (Å²) in [5, 5.41) is 10.1. The second kappa shape index (κ2) is 6.60. The average Bonchev–Trinajstić information content (AvgIpc) is 2.40. The highest BCUT2D eigenvalue weighted by atomic mass is 35.5. The Morgan fingerprint density at radius 1 is 1.21 bits per heavy atom. The maximum atomic E-state index is 11.1. The summed E-state index contributed by atoms with van der Waals surface area (Å²) in [4.78, 5) is 13.3. The maximum absolute atomic E-state index is 11.1. The van der Waals surface area contributed by atoms with Crippen molar-refractivity contribution >= 4 is 29.2 Å². The molecule has 0 radical (unpaired) electrons. The summed E-state index contributed by atoms with van der Waals surface area (Å²) in [6.45, 7) is 1.89. The van der Waals surface area contributed by atoms with Crippen molar-refractivity contribution in [2.75, 3.05) is 13.1 Å². The second-order valence-electron chi connectivity index (χ2n) is 4.88. The fourth-order valence-corrected chi connectivity index (χ4v) is 2.88. The van der Waals surface area contributed by atoms with Crippen molar-refractivity contribution in [3.05, 3.63) is 33.8 Å². The number of nitrogens with zero attached hydrogens (tertiary/aromatic N) is 1. The molecule has 5 heteroatoms. The Labute approximate surface area is 123 Å². The number of carboxylic acid groups (broad SMARTS) is 1. The number of likely N-dealkylation sites (tertiary alicyclic amines) is 1. The minimum Gasteiger partial charge on any atom is -0.481 e. The fraction of sp³-hybridized carbons (Fsp3) is 0.500. The third kappa shape index (κ3) is 3.85. The molecule has 1 saturated heterocycles. The largest absolute Gasteiger partial charge is 0.481 e. The van der Waals surface area contributed by atoms with Crippen LogP contribution in [0.3, 0.4) is 0 Å². The van der Waals surface area contributed by atoms with Gasteiger partial charge in [0.2, 0.25) is 0 Å². The zero-order chi connectivity index (χ0) is 13.8. The lowest BCUT2D eigenvalue weighted by Gasteiger charge is -2.34. The van der Waals surface area contributed by atoms with Crippen molar-refractivity contribution < 1.29 is 9.90 Å². The third-order valence-electron chi connectivity index (χ3n) is 3.53. The van der Waals surface area contributed by atoms with Crippen LogP contribution in [-0.2, 0) is 4.79 Å². The van der Waals surface area contributed by atoms with Crippen LogP contribution in [0, 0.1) is 0 Å². The zero-order valence-electron chi connectivity index (χ0n) is 10.6. The van der Waals surface area contributed by atoms with Gasteiger partial charge in [0, 0.05) is 6.04 Å². The van der Waals surface area contributed by atoms with Crippen LogP contribution in [0.2, 0.25) is 10.0 Å². The van der Waals surface area contributed by atoms with E-state index in [1.165, 1.54) is 6.42 Å². The van der Waals surface area contributed by atoms with Crippen LogP contribution >= 0.6 is 23.2 Å². The molecular formula is C14H17Cl2NO2. The Kier molecular flexibility index (Phi) is 5.08. The number of halogens is 2. The normalized spacial score (nSPS) is 18.2. The van der Waals surface area contributed by atoms with Gasteiger partial charge in [-0.25, -0.2) is 0 Å². The van der Waals surface area contributed by atoms with Crippen molar-refractivity contribution in [2.24, 2.45) is 0 Å². The highest BCUT2D eigenvalue weighted by Crippen LogP contribution is 2.31. The number of hydrogen-bond acceptors (Lipinski definition) is 2. The summed E-state index contributed by atoms with van der Waals surface area (Å²) < 4.78 is 0. The Balaban J connectivity index is 2.24. The smallest absolute Gasteiger partial charge is 0.305 e. The van der Waals surface area contributed by atoms with Crippen molar-refractivity contribution in [1.82, 2.24) is 4.90 Å². The lowest BCUT2D eigenvalue weighted by Crippen LogP contribution is -2.35. The van der Waals surface area contributed by atoms with E-state index in [4.69, 9.17) is 28.3 Å². The van der Waals surface area contributed by atoms with Gasteiger partial charge in [-0.15, -0.1) is 0 Å². The van der Waals surface area contributed by atoms with E-state index in [9.17, 15) is 4.79 Å². The van der Waals surface area contributed by atoms with Crippen molar-refractivity contribution in [3.63, 3.8) is 0 Å². The number of hydrogen-bond donors (Lipinski definition) is 1. The van der Waals surface area contributed by atoms with Gasteiger partial charge in [0.05, 0.1) is 16.5 Å². The minimum absolute atomic E-state index is 0.0952. The van der Waals surface area contributed by atoms with E-state index in [2.05, 4.69) is 4.90 Å². The molecule has 0 amide bonds. The van der Waals surface area contributed by atoms with Crippen molar-refractivity contribution in [2.45, 2.75) is 31.7 Å². The number of piperidine rings is 1. The van der Waals surface area contributed by atoms with Gasteiger partial charge in [-0.3, -0.25) is 9.69 Å². The van der Waals surface area contributed by atoms with Crippen molar-refractivity contribution in [1.29, 1.82) is 0 Å². The predicted octanol–water partition coefficient (Wildman–Crippen LogP) is 4.00. The molecule has 1 N–H and O–H groups in total. The fourth-order valence-electron chi connectivity index (χ4n) is 2.57. The molecule has 1 heterocycles. The molecule has 0 aromatic heterocycles. The standard InChI is InChI=1S/C14H17Cl2NO2/c15-11-5-4-10(8-12(11)16)13(9-14(18)19)17-6-2-1-3-7-17/h4-5,8,13H,1-3,6-7,9H2,(H,18,19). The van der Waals surface area contributed by atoms with Gasteiger partial charge in [-0.1, -0.05) is 35.7 Å². The number of aliphatic carboxylic acids is 1. The predicted molar refractivity (Wildman–Crippen MR) is 76.9 cm³/mol. The topological polar surface area (TPSA) is 40.5 Å². The van der Waals surface area contributed by atoms with Crippen LogP contribution in [-0.4, -0.2) is 29.1 Å². The third-order valence-corrected chi connectivity index (χ3v) is 4.27. The molecule has 104 valence electrons. The van der Waals surface area contributed by atoms with E-state index in [-0.39, 0.29) is 12.5 Å². The molecule has 1 aromatic carbocycles. The monoisotopic (exact) mass is 301 g/mol. The summed E-state index contributed by atoms with van der Waals surface area (Å²) >= 11 is 12.0. The van der Waals surface area contributed by atoms with Gasteiger partial charge in [0.15, 0.2) is 0 Å². The number of carbonyl (C=O) groups is 1. The van der Waals surface area contributed by atoms with Crippen LogP contribution in [0.5, 0.6) is 0 Å². The highest BCUT2D eigenvalue weighted by Gasteiger charge is 2.25. The Morgan fingerprint density at radius 2 is 1.89 bits per heavy atom. The van der Waals surface area contributed by atoms with E-state index < -0.39 is 5.97 Å². The Morgan fingerprint density at radius 3 is 2.47 bits per heavy atom. The van der Waals surface area contributed by atoms with Gasteiger partial charge >= 0.3 is 5.97 Å². The van der Waals surface area contributed by atoms with Gasteiger partial charge in [0.25, 0.3) is 0 Å². The molecule has 2 rings (SSSR count). The van der Waals surface area contributed by atoms with Crippen LogP contribution in [0.4, 0.5) is 0 Å². The summed E-state index contributed by atoms with van der Waals surface area (Å²) in [6.07, 6.45) is 3.56. The molecular weight excluding hydrogens is 285 g/mol. The molecule has 1 aromatic rings. The quantitative estimate of drug-likeness (QED) is 0.914. The molecule has 1 unspecified atom stereocenters. The van der Waals surface area contributed by atoms with Crippen LogP contribution in [0.25, 0.3) is 0 Å². The molecule has 0 bridgehead atoms. The van der Waals surface area contributed by atoms with Gasteiger partial charge in [-0.05, 0) is 43.6 Å². The highest BCUT2D eigenvalue weighted by molar-refractivity contribution is 6.42. The molecule has 1 atom stereocenters. The Hall–Kier alpha value is -0.770. The van der Waals surface area contributed by atoms with E-state index in [0.717, 1.165) is 31.5 Å². The first-order valence-electron chi connectivity index (χ1n) is 6.48. The zero-order valence-corrected chi connectivity index (χ0v) is 12.1. The number of carboxylic acids is 1. The molecule has 1 aliphatic rings. The number of benzene rings is 1. The summed E-state index contributed by atoms with van der Waals surface area (Å²) in [5.41, 5.74) is 0.929. The van der Waals surface area contributed by atoms with E-state index in [0.29, 0.717) is 10.0 Å². The molecule has 19 heavy (non-hydrogen) atoms. The second-order valence-corrected chi connectivity index (χ2v) is 5.70. The molecule has 0 aliphatic carbocycles. The average molecular weight is 302 g/mol. The van der Waals surface area contributed by atoms with Crippen LogP contribution in [0.1, 0.15) is 37.3 Å². The first-order valence-corrected chi connectivity index (χ1v) is 7.24. The van der Waals surface area contributed by atoms with E-state index >= 15 is 0 Å². The lowest BCUT2D eigenvalue weighted by atomic mass is 9.99. The molecule has 1 aliphatic heterocycles. The molecule has 0 saturated carbocycles. The van der Waals surface area contributed by atoms with E-state index in [1.807, 2.05) is 6.07 Å². The van der Waals surface area contributed by atoms with Crippen LogP contribution in [0.15, 0.2) is 18.2 Å². The molecule has 0 spiro atoms. The van der Waals surface area contributed by atoms with Gasteiger partial charge < -0.3 is 5.11 Å². The van der Waals surface area contributed by atoms with Gasteiger partial charge in [-0.2, -0.15) is 0 Å².